The van der Waals surface area contributed by atoms with Gasteiger partial charge in [0.15, 0.2) is 0 Å². The van der Waals surface area contributed by atoms with Crippen molar-refractivity contribution in [3.05, 3.63) is 22.8 Å². The monoisotopic (exact) mass is 267 g/mol. The fourth-order valence-electron chi connectivity index (χ4n) is 1.60. The molecule has 0 saturated carbocycles. The fourth-order valence-corrected chi connectivity index (χ4v) is 1.80. The van der Waals surface area contributed by atoms with E-state index in [1.54, 1.807) is 6.92 Å². The summed E-state index contributed by atoms with van der Waals surface area (Å²) in [5.41, 5.74) is -0.891. The molecule has 1 aromatic rings. The summed E-state index contributed by atoms with van der Waals surface area (Å²) in [4.78, 5) is 15.3. The lowest BCUT2D eigenvalue weighted by molar-refractivity contribution is -0.142. The quantitative estimate of drug-likeness (QED) is 0.856. The summed E-state index contributed by atoms with van der Waals surface area (Å²) in [6.45, 7) is 3.46. The first-order valence-corrected chi connectivity index (χ1v) is 5.88. The van der Waals surface area contributed by atoms with Crippen LogP contribution in [-0.2, 0) is 4.79 Å². The Morgan fingerprint density at radius 1 is 1.72 bits per heavy atom. The first kappa shape index (κ1) is 14.3. The van der Waals surface area contributed by atoms with Crippen molar-refractivity contribution in [1.29, 1.82) is 5.26 Å². The number of nitrogens with zero attached hydrogens (tertiary/aromatic N) is 2. The summed E-state index contributed by atoms with van der Waals surface area (Å²) >= 11 is 5.98. The minimum atomic E-state index is -1.15. The number of rotatable bonds is 5. The maximum atomic E-state index is 11.3. The molecule has 0 fully saturated rings. The fraction of sp³-hybridized carbons (Fsp3) is 0.417. The lowest BCUT2D eigenvalue weighted by Crippen LogP contribution is -2.43. The number of halogens is 1. The molecule has 0 radical (unpaired) electrons. The van der Waals surface area contributed by atoms with Gasteiger partial charge in [0.25, 0.3) is 0 Å². The number of aliphatic carboxylic acids is 1. The molecular weight excluding hydrogens is 254 g/mol. The summed E-state index contributed by atoms with van der Waals surface area (Å²) in [5.74, 6) is -0.765. The molecule has 1 unspecified atom stereocenters. The Balaban J connectivity index is 3.10. The van der Waals surface area contributed by atoms with Crippen LogP contribution in [0.2, 0.25) is 5.02 Å². The van der Waals surface area contributed by atoms with Crippen LogP contribution in [0.1, 0.15) is 32.3 Å². The SMILES string of the molecule is CCCC(C)(Nc1nccc(C#N)c1Cl)C(=O)O. The van der Waals surface area contributed by atoms with Crippen LogP contribution in [0.5, 0.6) is 0 Å². The molecule has 1 heterocycles. The Kier molecular flexibility index (Phi) is 4.51. The highest BCUT2D eigenvalue weighted by Crippen LogP contribution is 2.27. The topological polar surface area (TPSA) is 86.0 Å². The zero-order chi connectivity index (χ0) is 13.8. The number of anilines is 1. The molecule has 0 spiro atoms. The van der Waals surface area contributed by atoms with E-state index in [0.29, 0.717) is 12.8 Å². The van der Waals surface area contributed by atoms with Gasteiger partial charge in [-0.05, 0) is 19.4 Å². The second-order valence-electron chi connectivity index (χ2n) is 4.15. The van der Waals surface area contributed by atoms with Crippen LogP contribution < -0.4 is 5.32 Å². The lowest BCUT2D eigenvalue weighted by atomic mass is 9.96. The second-order valence-corrected chi connectivity index (χ2v) is 4.52. The average molecular weight is 268 g/mol. The van der Waals surface area contributed by atoms with Gasteiger partial charge in [-0.25, -0.2) is 9.78 Å². The third-order valence-corrected chi connectivity index (χ3v) is 3.01. The number of pyridine rings is 1. The van der Waals surface area contributed by atoms with Gasteiger partial charge in [0.05, 0.1) is 5.56 Å². The van der Waals surface area contributed by atoms with Crippen molar-refractivity contribution in [2.24, 2.45) is 0 Å². The highest BCUT2D eigenvalue weighted by Gasteiger charge is 2.33. The molecule has 0 aliphatic rings. The van der Waals surface area contributed by atoms with E-state index in [4.69, 9.17) is 16.9 Å². The molecule has 1 aromatic heterocycles. The molecule has 0 aliphatic heterocycles. The predicted molar refractivity (Wildman–Crippen MR) is 68.5 cm³/mol. The Hall–Kier alpha value is -1.80. The van der Waals surface area contributed by atoms with E-state index in [2.05, 4.69) is 10.3 Å². The Labute approximate surface area is 110 Å². The third-order valence-electron chi connectivity index (χ3n) is 2.63. The highest BCUT2D eigenvalue weighted by molar-refractivity contribution is 6.34. The molecular formula is C12H14ClN3O2. The van der Waals surface area contributed by atoms with Crippen molar-refractivity contribution >= 4 is 23.4 Å². The molecule has 0 saturated heterocycles. The van der Waals surface area contributed by atoms with E-state index in [0.717, 1.165) is 0 Å². The number of carbonyl (C=O) groups is 1. The standard InChI is InChI=1S/C12H14ClN3O2/c1-3-5-12(2,11(17)18)16-10-9(13)8(7-14)4-6-15-10/h4,6H,3,5H2,1-2H3,(H,15,16)(H,17,18). The van der Waals surface area contributed by atoms with Gasteiger partial charge >= 0.3 is 5.97 Å². The van der Waals surface area contributed by atoms with Gasteiger partial charge in [0.2, 0.25) is 0 Å². The van der Waals surface area contributed by atoms with Gasteiger partial charge in [-0.3, -0.25) is 0 Å². The molecule has 1 rings (SSSR count). The Morgan fingerprint density at radius 2 is 2.39 bits per heavy atom. The number of carboxylic acids is 1. The van der Waals surface area contributed by atoms with Crippen molar-refractivity contribution in [2.45, 2.75) is 32.2 Å². The summed E-state index contributed by atoms with van der Waals surface area (Å²) in [6.07, 6.45) is 2.55. The van der Waals surface area contributed by atoms with Crippen LogP contribution in [0.25, 0.3) is 0 Å². The Bertz CT molecular complexity index is 499. The number of nitrogens with one attached hydrogen (secondary N) is 1. The normalized spacial score (nSPS) is 13.4. The van der Waals surface area contributed by atoms with Gasteiger partial charge in [-0.2, -0.15) is 5.26 Å². The van der Waals surface area contributed by atoms with E-state index in [9.17, 15) is 9.90 Å². The second kappa shape index (κ2) is 5.69. The molecule has 0 bridgehead atoms. The van der Waals surface area contributed by atoms with Gasteiger partial charge in [0, 0.05) is 6.20 Å². The van der Waals surface area contributed by atoms with Crippen LogP contribution in [0, 0.1) is 11.3 Å². The van der Waals surface area contributed by atoms with Crippen LogP contribution in [0.3, 0.4) is 0 Å². The zero-order valence-corrected chi connectivity index (χ0v) is 11.0. The molecule has 0 aliphatic carbocycles. The summed E-state index contributed by atoms with van der Waals surface area (Å²) in [6, 6.07) is 3.40. The largest absolute Gasteiger partial charge is 0.480 e. The van der Waals surface area contributed by atoms with Crippen LogP contribution in [0.15, 0.2) is 12.3 Å². The first-order valence-electron chi connectivity index (χ1n) is 5.50. The molecule has 0 aromatic carbocycles. The minimum Gasteiger partial charge on any atom is -0.480 e. The van der Waals surface area contributed by atoms with Gasteiger partial charge in [0.1, 0.15) is 22.4 Å². The van der Waals surface area contributed by atoms with Crippen LogP contribution in [-0.4, -0.2) is 21.6 Å². The Morgan fingerprint density at radius 3 is 2.89 bits per heavy atom. The minimum absolute atomic E-state index is 0.142. The van der Waals surface area contributed by atoms with Gasteiger partial charge in [-0.1, -0.05) is 24.9 Å². The number of aromatic nitrogens is 1. The number of nitriles is 1. The lowest BCUT2D eigenvalue weighted by Gasteiger charge is -2.26. The van der Waals surface area contributed by atoms with Crippen LogP contribution >= 0.6 is 11.6 Å². The molecule has 96 valence electrons. The van der Waals surface area contributed by atoms with E-state index < -0.39 is 11.5 Å². The molecule has 18 heavy (non-hydrogen) atoms. The molecule has 0 amide bonds. The first-order chi connectivity index (χ1) is 8.44. The van der Waals surface area contributed by atoms with Crippen molar-refractivity contribution in [1.82, 2.24) is 4.98 Å². The predicted octanol–water partition coefficient (Wildman–Crippen LogP) is 2.66. The van der Waals surface area contributed by atoms with Gasteiger partial charge < -0.3 is 10.4 Å². The maximum absolute atomic E-state index is 11.3. The highest BCUT2D eigenvalue weighted by atomic mass is 35.5. The van der Waals surface area contributed by atoms with Crippen molar-refractivity contribution in [2.75, 3.05) is 5.32 Å². The number of carboxylic acid groups (broad SMARTS) is 1. The van der Waals surface area contributed by atoms with Crippen molar-refractivity contribution in [3.8, 4) is 6.07 Å². The third kappa shape index (κ3) is 2.90. The van der Waals surface area contributed by atoms with Crippen LogP contribution in [0.4, 0.5) is 5.82 Å². The summed E-state index contributed by atoms with van der Waals surface area (Å²) < 4.78 is 0. The molecule has 2 N–H and O–H groups in total. The summed E-state index contributed by atoms with van der Waals surface area (Å²) in [5, 5.41) is 21.0. The zero-order valence-electron chi connectivity index (χ0n) is 10.2. The van der Waals surface area contributed by atoms with Gasteiger partial charge in [-0.15, -0.1) is 0 Å². The maximum Gasteiger partial charge on any atom is 0.329 e. The average Bonchev–Trinajstić information content (AvgIpc) is 2.32. The van der Waals surface area contributed by atoms with E-state index in [-0.39, 0.29) is 16.4 Å². The summed E-state index contributed by atoms with van der Waals surface area (Å²) in [7, 11) is 0. The number of hydrogen-bond donors (Lipinski definition) is 2. The van der Waals surface area contributed by atoms with E-state index in [1.165, 1.54) is 12.3 Å². The van der Waals surface area contributed by atoms with Crippen molar-refractivity contribution in [3.63, 3.8) is 0 Å². The molecule has 6 heteroatoms. The molecule has 5 nitrogen and oxygen atoms in total. The molecule has 1 atom stereocenters. The number of hydrogen-bond acceptors (Lipinski definition) is 4. The van der Waals surface area contributed by atoms with E-state index in [1.807, 2.05) is 13.0 Å². The van der Waals surface area contributed by atoms with E-state index >= 15 is 0 Å². The van der Waals surface area contributed by atoms with Crippen molar-refractivity contribution < 1.29 is 9.90 Å². The smallest absolute Gasteiger partial charge is 0.329 e.